The van der Waals surface area contributed by atoms with Gasteiger partial charge in [-0.1, -0.05) is 35.6 Å². The van der Waals surface area contributed by atoms with E-state index in [1.807, 2.05) is 18.2 Å². The van der Waals surface area contributed by atoms with Crippen molar-refractivity contribution in [2.45, 2.75) is 6.54 Å². The third kappa shape index (κ3) is 3.60. The van der Waals surface area contributed by atoms with Crippen LogP contribution in [0, 0.1) is 10.1 Å². The number of hydrogen-bond donors (Lipinski definition) is 1. The first-order valence-electron chi connectivity index (χ1n) is 9.51. The van der Waals surface area contributed by atoms with Gasteiger partial charge >= 0.3 is 0 Å². The van der Waals surface area contributed by atoms with Crippen LogP contribution in [0.5, 0.6) is 0 Å². The first-order valence-corrected chi connectivity index (χ1v) is 10.3. The van der Waals surface area contributed by atoms with Crippen molar-refractivity contribution in [3.8, 4) is 11.4 Å². The van der Waals surface area contributed by atoms with Gasteiger partial charge in [0.15, 0.2) is 5.13 Å². The van der Waals surface area contributed by atoms with Crippen molar-refractivity contribution in [2.24, 2.45) is 0 Å². The molecule has 0 saturated carbocycles. The first-order chi connectivity index (χ1) is 14.7. The number of nitro benzene ring substituents is 1. The molecule has 0 bridgehead atoms. The molecule has 30 heavy (non-hydrogen) atoms. The Labute approximate surface area is 175 Å². The molecule has 1 saturated heterocycles. The standard InChI is InChI=1S/C19H18N8O2S/c28-27(29)14-5-6-16-17(11-14)30-19(20-16)26-9-7-25(8-10-26)12-13-3-1-2-4-15(13)18-21-23-24-22-18/h1-6,11H,7-10,12H2,(H,21,22,23,24). The zero-order chi connectivity index (χ0) is 20.5. The predicted molar refractivity (Wildman–Crippen MR) is 113 cm³/mol. The number of hydrogen-bond acceptors (Lipinski definition) is 9. The average molecular weight is 422 g/mol. The summed E-state index contributed by atoms with van der Waals surface area (Å²) in [7, 11) is 0. The molecule has 3 heterocycles. The van der Waals surface area contributed by atoms with Crippen LogP contribution in [-0.2, 0) is 6.54 Å². The van der Waals surface area contributed by atoms with E-state index in [9.17, 15) is 10.1 Å². The Bertz CT molecular complexity index is 1180. The number of nitro groups is 1. The molecule has 5 rings (SSSR count). The molecule has 0 radical (unpaired) electrons. The van der Waals surface area contributed by atoms with Crippen molar-refractivity contribution in [3.05, 3.63) is 58.1 Å². The Morgan fingerprint density at radius 2 is 1.97 bits per heavy atom. The van der Waals surface area contributed by atoms with Crippen molar-refractivity contribution in [1.82, 2.24) is 30.5 Å². The lowest BCUT2D eigenvalue weighted by Gasteiger charge is -2.34. The van der Waals surface area contributed by atoms with Gasteiger partial charge in [0.1, 0.15) is 0 Å². The average Bonchev–Trinajstić information content (AvgIpc) is 3.44. The van der Waals surface area contributed by atoms with E-state index < -0.39 is 0 Å². The van der Waals surface area contributed by atoms with Gasteiger partial charge < -0.3 is 4.90 Å². The van der Waals surface area contributed by atoms with Crippen LogP contribution >= 0.6 is 11.3 Å². The Balaban J connectivity index is 1.27. The van der Waals surface area contributed by atoms with Gasteiger partial charge in [0.05, 0.1) is 15.1 Å². The number of H-pyrrole nitrogens is 1. The van der Waals surface area contributed by atoms with E-state index in [0.29, 0.717) is 5.82 Å². The zero-order valence-corrected chi connectivity index (χ0v) is 16.7. The Morgan fingerprint density at radius 3 is 2.73 bits per heavy atom. The normalized spacial score (nSPS) is 15.0. The van der Waals surface area contributed by atoms with E-state index in [1.54, 1.807) is 12.1 Å². The largest absolute Gasteiger partial charge is 0.345 e. The fraction of sp³-hybridized carbons (Fsp3) is 0.263. The summed E-state index contributed by atoms with van der Waals surface area (Å²) in [5.74, 6) is 0.604. The van der Waals surface area contributed by atoms with Gasteiger partial charge in [-0.2, -0.15) is 5.21 Å². The fourth-order valence-electron chi connectivity index (χ4n) is 3.64. The highest BCUT2D eigenvalue weighted by Crippen LogP contribution is 2.32. The minimum Gasteiger partial charge on any atom is -0.345 e. The highest BCUT2D eigenvalue weighted by Gasteiger charge is 2.22. The number of thiazole rings is 1. The maximum absolute atomic E-state index is 11.0. The number of piperazine rings is 1. The molecule has 0 aliphatic carbocycles. The lowest BCUT2D eigenvalue weighted by molar-refractivity contribution is -0.384. The number of aromatic nitrogens is 5. The minimum absolute atomic E-state index is 0.0998. The van der Waals surface area contributed by atoms with Gasteiger partial charge in [0.2, 0.25) is 5.82 Å². The molecule has 1 N–H and O–H groups in total. The summed E-state index contributed by atoms with van der Waals surface area (Å²) in [6.07, 6.45) is 0. The lowest BCUT2D eigenvalue weighted by atomic mass is 10.1. The number of nitrogens with zero attached hydrogens (tertiary/aromatic N) is 7. The third-order valence-corrected chi connectivity index (χ3v) is 6.29. The van der Waals surface area contributed by atoms with Crippen LogP contribution < -0.4 is 4.90 Å². The SMILES string of the molecule is O=[N+]([O-])c1ccc2nc(N3CCN(Cc4ccccc4-c4nn[nH]n4)CC3)sc2c1. The van der Waals surface area contributed by atoms with E-state index in [4.69, 9.17) is 0 Å². The number of rotatable bonds is 5. The predicted octanol–water partition coefficient (Wildman–Crippen LogP) is 2.71. The first kappa shape index (κ1) is 18.6. The van der Waals surface area contributed by atoms with Crippen LogP contribution in [0.3, 0.4) is 0 Å². The van der Waals surface area contributed by atoms with Crippen molar-refractivity contribution in [2.75, 3.05) is 31.1 Å². The maximum Gasteiger partial charge on any atom is 0.270 e. The molecule has 0 unspecified atom stereocenters. The molecule has 0 spiro atoms. The second-order valence-electron chi connectivity index (χ2n) is 7.06. The summed E-state index contributed by atoms with van der Waals surface area (Å²) in [4.78, 5) is 19.9. The van der Waals surface area contributed by atoms with Crippen molar-refractivity contribution < 1.29 is 4.92 Å². The van der Waals surface area contributed by atoms with E-state index >= 15 is 0 Å². The number of aromatic amines is 1. The zero-order valence-electron chi connectivity index (χ0n) is 15.9. The number of tetrazole rings is 1. The van der Waals surface area contributed by atoms with Crippen LogP contribution in [0.2, 0.25) is 0 Å². The highest BCUT2D eigenvalue weighted by molar-refractivity contribution is 7.22. The van der Waals surface area contributed by atoms with E-state index in [1.165, 1.54) is 23.0 Å². The molecule has 1 aliphatic heterocycles. The second kappa shape index (κ2) is 7.76. The molecular formula is C19H18N8O2S. The van der Waals surface area contributed by atoms with Gasteiger partial charge in [0.25, 0.3) is 5.69 Å². The van der Waals surface area contributed by atoms with Crippen LogP contribution in [0.4, 0.5) is 10.8 Å². The summed E-state index contributed by atoms with van der Waals surface area (Å²) in [5, 5.41) is 26.3. The number of benzene rings is 2. The number of nitrogens with one attached hydrogen (secondary N) is 1. The molecule has 0 atom stereocenters. The van der Waals surface area contributed by atoms with Crippen molar-refractivity contribution in [3.63, 3.8) is 0 Å². The molecular weight excluding hydrogens is 404 g/mol. The smallest absolute Gasteiger partial charge is 0.270 e. The second-order valence-corrected chi connectivity index (χ2v) is 8.07. The molecule has 152 valence electrons. The van der Waals surface area contributed by atoms with E-state index in [0.717, 1.165) is 53.6 Å². The van der Waals surface area contributed by atoms with Crippen LogP contribution in [0.1, 0.15) is 5.56 Å². The monoisotopic (exact) mass is 422 g/mol. The van der Waals surface area contributed by atoms with E-state index in [-0.39, 0.29) is 10.6 Å². The van der Waals surface area contributed by atoms with Gasteiger partial charge in [-0.3, -0.25) is 15.0 Å². The summed E-state index contributed by atoms with van der Waals surface area (Å²) in [6, 6.07) is 12.9. The maximum atomic E-state index is 11.0. The Kier molecular flexibility index (Phi) is 4.81. The van der Waals surface area contributed by atoms with E-state index in [2.05, 4.69) is 41.5 Å². The number of non-ortho nitro benzene ring substituents is 1. The minimum atomic E-state index is -0.371. The molecule has 1 aliphatic rings. The summed E-state index contributed by atoms with van der Waals surface area (Å²) in [6.45, 7) is 4.32. The lowest BCUT2D eigenvalue weighted by Crippen LogP contribution is -2.46. The molecule has 10 nitrogen and oxygen atoms in total. The number of anilines is 1. The van der Waals surface area contributed by atoms with Crippen LogP contribution in [-0.4, -0.2) is 61.6 Å². The van der Waals surface area contributed by atoms with Crippen LogP contribution in [0.15, 0.2) is 42.5 Å². The van der Waals surface area contributed by atoms with Crippen LogP contribution in [0.25, 0.3) is 21.6 Å². The molecule has 2 aromatic carbocycles. The molecule has 1 fully saturated rings. The van der Waals surface area contributed by atoms with Crippen molar-refractivity contribution in [1.29, 1.82) is 0 Å². The summed E-state index contributed by atoms with van der Waals surface area (Å²) >= 11 is 1.51. The Hall–Kier alpha value is -3.44. The Morgan fingerprint density at radius 1 is 1.13 bits per heavy atom. The van der Waals surface area contributed by atoms with Gasteiger partial charge in [-0.15, -0.1) is 10.2 Å². The fourth-order valence-corrected chi connectivity index (χ4v) is 4.69. The van der Waals surface area contributed by atoms with Gasteiger partial charge in [0, 0.05) is 50.4 Å². The summed E-state index contributed by atoms with van der Waals surface area (Å²) < 4.78 is 0.843. The molecule has 11 heteroatoms. The molecule has 0 amide bonds. The molecule has 4 aromatic rings. The third-order valence-electron chi connectivity index (χ3n) is 5.21. The highest BCUT2D eigenvalue weighted by atomic mass is 32.1. The topological polar surface area (TPSA) is 117 Å². The van der Waals surface area contributed by atoms with Gasteiger partial charge in [-0.05, 0) is 16.8 Å². The molecule has 2 aromatic heterocycles. The quantitative estimate of drug-likeness (QED) is 0.385. The summed E-state index contributed by atoms with van der Waals surface area (Å²) in [5.41, 5.74) is 3.06. The number of fused-ring (bicyclic) bond motifs is 1. The van der Waals surface area contributed by atoms with Crippen molar-refractivity contribution >= 4 is 32.4 Å². The van der Waals surface area contributed by atoms with Gasteiger partial charge in [-0.25, -0.2) is 4.98 Å².